The standard InChI is InChI=1S/C20H33N3O/c1-4-7-9-16(6-3)15-23-18-11-8-10-17(13-18)19(14-21)20(24)22-12-5-2/h13,16,23H,4-12,15H2,1-3H3,(H,22,24)/b19-17-. The van der Waals surface area contributed by atoms with E-state index in [0.29, 0.717) is 12.5 Å². The van der Waals surface area contributed by atoms with Gasteiger partial charge in [0.1, 0.15) is 11.6 Å². The molecule has 1 aliphatic rings. The molecule has 1 unspecified atom stereocenters. The molecular formula is C20H33N3O. The summed E-state index contributed by atoms with van der Waals surface area (Å²) >= 11 is 0. The highest BCUT2D eigenvalue weighted by Gasteiger charge is 2.17. The Bertz CT molecular complexity index is 500. The lowest BCUT2D eigenvalue weighted by molar-refractivity contribution is -0.117. The predicted molar refractivity (Wildman–Crippen MR) is 99.2 cm³/mol. The lowest BCUT2D eigenvalue weighted by Crippen LogP contribution is -2.27. The molecule has 0 radical (unpaired) electrons. The fourth-order valence-corrected chi connectivity index (χ4v) is 2.97. The number of hydrogen-bond acceptors (Lipinski definition) is 3. The molecule has 4 heteroatoms. The largest absolute Gasteiger partial charge is 0.388 e. The van der Waals surface area contributed by atoms with Gasteiger partial charge in [0, 0.05) is 18.8 Å². The zero-order chi connectivity index (χ0) is 17.8. The molecule has 0 aromatic rings. The lowest BCUT2D eigenvalue weighted by atomic mass is 9.94. The minimum atomic E-state index is -0.235. The van der Waals surface area contributed by atoms with Gasteiger partial charge in [-0.2, -0.15) is 5.26 Å². The van der Waals surface area contributed by atoms with Gasteiger partial charge in [-0.15, -0.1) is 0 Å². The summed E-state index contributed by atoms with van der Waals surface area (Å²) in [6, 6.07) is 2.10. The first-order chi connectivity index (χ1) is 11.7. The van der Waals surface area contributed by atoms with Crippen LogP contribution in [-0.4, -0.2) is 19.0 Å². The van der Waals surface area contributed by atoms with E-state index in [1.54, 1.807) is 0 Å². The molecule has 0 saturated heterocycles. The van der Waals surface area contributed by atoms with Crippen molar-refractivity contribution in [3.8, 4) is 6.07 Å². The van der Waals surface area contributed by atoms with Gasteiger partial charge in [0.2, 0.25) is 0 Å². The van der Waals surface area contributed by atoms with Gasteiger partial charge < -0.3 is 10.6 Å². The molecule has 2 N–H and O–H groups in total. The van der Waals surface area contributed by atoms with Crippen molar-refractivity contribution in [3.63, 3.8) is 0 Å². The summed E-state index contributed by atoms with van der Waals surface area (Å²) in [4.78, 5) is 12.1. The molecule has 1 aliphatic carbocycles. The molecule has 134 valence electrons. The first-order valence-corrected chi connectivity index (χ1v) is 9.52. The van der Waals surface area contributed by atoms with Crippen molar-refractivity contribution >= 4 is 5.91 Å². The van der Waals surface area contributed by atoms with Crippen molar-refractivity contribution in [2.45, 2.75) is 72.1 Å². The second-order valence-electron chi connectivity index (χ2n) is 6.59. The van der Waals surface area contributed by atoms with Gasteiger partial charge in [-0.05, 0) is 49.7 Å². The van der Waals surface area contributed by atoms with Crippen LogP contribution in [0.3, 0.4) is 0 Å². The van der Waals surface area contributed by atoms with Crippen molar-refractivity contribution < 1.29 is 4.79 Å². The van der Waals surface area contributed by atoms with E-state index in [4.69, 9.17) is 0 Å². The van der Waals surface area contributed by atoms with Gasteiger partial charge >= 0.3 is 0 Å². The lowest BCUT2D eigenvalue weighted by Gasteiger charge is -2.21. The van der Waals surface area contributed by atoms with Crippen LogP contribution >= 0.6 is 0 Å². The van der Waals surface area contributed by atoms with Crippen LogP contribution in [0.1, 0.15) is 72.1 Å². The summed E-state index contributed by atoms with van der Waals surface area (Å²) in [5.74, 6) is 0.463. The molecular weight excluding hydrogens is 298 g/mol. The molecule has 0 aliphatic heterocycles. The number of nitrogens with one attached hydrogen (secondary N) is 2. The van der Waals surface area contributed by atoms with Crippen molar-refractivity contribution in [1.29, 1.82) is 5.26 Å². The maximum Gasteiger partial charge on any atom is 0.262 e. The zero-order valence-corrected chi connectivity index (χ0v) is 15.6. The van der Waals surface area contributed by atoms with Crippen LogP contribution < -0.4 is 10.6 Å². The molecule has 0 aromatic heterocycles. The van der Waals surface area contributed by atoms with Gasteiger partial charge in [0.15, 0.2) is 0 Å². The highest BCUT2D eigenvalue weighted by Crippen LogP contribution is 2.24. The number of carbonyl (C=O) groups is 1. The van der Waals surface area contributed by atoms with E-state index in [9.17, 15) is 10.1 Å². The average molecular weight is 332 g/mol. The van der Waals surface area contributed by atoms with E-state index in [1.807, 2.05) is 13.0 Å². The average Bonchev–Trinajstić information content (AvgIpc) is 2.61. The summed E-state index contributed by atoms with van der Waals surface area (Å²) in [6.45, 7) is 8.08. The number of carbonyl (C=O) groups excluding carboxylic acids is 1. The second-order valence-corrected chi connectivity index (χ2v) is 6.59. The normalized spacial score (nSPS) is 17.5. The Balaban J connectivity index is 2.74. The third kappa shape index (κ3) is 6.78. The Morgan fingerprint density at radius 2 is 2.08 bits per heavy atom. The fourth-order valence-electron chi connectivity index (χ4n) is 2.97. The maximum atomic E-state index is 12.1. The minimum absolute atomic E-state index is 0.235. The minimum Gasteiger partial charge on any atom is -0.388 e. The number of amides is 1. The van der Waals surface area contributed by atoms with Crippen LogP contribution in [0, 0.1) is 17.2 Å². The Labute approximate surface area is 147 Å². The summed E-state index contributed by atoms with van der Waals surface area (Å²) in [6.07, 6.45) is 10.7. The first-order valence-electron chi connectivity index (χ1n) is 9.52. The van der Waals surface area contributed by atoms with E-state index in [1.165, 1.54) is 31.4 Å². The van der Waals surface area contributed by atoms with Crippen LogP contribution in [-0.2, 0) is 4.79 Å². The van der Waals surface area contributed by atoms with Crippen molar-refractivity contribution in [1.82, 2.24) is 10.6 Å². The molecule has 0 fully saturated rings. The van der Waals surface area contributed by atoms with Gasteiger partial charge in [-0.25, -0.2) is 0 Å². The number of nitriles is 1. The third-order valence-electron chi connectivity index (χ3n) is 4.60. The molecule has 0 bridgehead atoms. The monoisotopic (exact) mass is 331 g/mol. The SMILES string of the molecule is CCCCC(CC)CNC1=C/C(=C(/C#N)C(=O)NCCC)CCC1. The fraction of sp³-hybridized carbons (Fsp3) is 0.700. The van der Waals surface area contributed by atoms with E-state index >= 15 is 0 Å². The topological polar surface area (TPSA) is 64.9 Å². The van der Waals surface area contributed by atoms with Crippen LogP contribution in [0.2, 0.25) is 0 Å². The van der Waals surface area contributed by atoms with Crippen LogP contribution in [0.4, 0.5) is 0 Å². The van der Waals surface area contributed by atoms with Crippen LogP contribution in [0.15, 0.2) is 22.9 Å². The number of rotatable bonds is 10. The van der Waals surface area contributed by atoms with Gasteiger partial charge in [0.05, 0.1) is 0 Å². The van der Waals surface area contributed by atoms with Crippen LogP contribution in [0.25, 0.3) is 0 Å². The van der Waals surface area contributed by atoms with Gasteiger partial charge in [0.25, 0.3) is 5.91 Å². The third-order valence-corrected chi connectivity index (χ3v) is 4.60. The quantitative estimate of drug-likeness (QED) is 0.465. The molecule has 1 amide bonds. The van der Waals surface area contributed by atoms with Gasteiger partial charge in [-0.3, -0.25) is 4.79 Å². The smallest absolute Gasteiger partial charge is 0.262 e. The molecule has 0 saturated carbocycles. The Morgan fingerprint density at radius 3 is 2.71 bits per heavy atom. The molecule has 0 aromatic carbocycles. The van der Waals surface area contributed by atoms with Gasteiger partial charge in [-0.1, -0.05) is 40.0 Å². The molecule has 0 heterocycles. The van der Waals surface area contributed by atoms with Crippen molar-refractivity contribution in [2.75, 3.05) is 13.1 Å². The number of allylic oxidation sites excluding steroid dienone is 3. The summed E-state index contributed by atoms with van der Waals surface area (Å²) in [5, 5.41) is 15.7. The number of unbranched alkanes of at least 4 members (excludes halogenated alkanes) is 1. The zero-order valence-electron chi connectivity index (χ0n) is 15.6. The Morgan fingerprint density at radius 1 is 1.29 bits per heavy atom. The van der Waals surface area contributed by atoms with E-state index < -0.39 is 0 Å². The van der Waals surface area contributed by atoms with E-state index in [0.717, 1.165) is 37.8 Å². The molecule has 0 spiro atoms. The Kier molecular flexibility index (Phi) is 9.91. The van der Waals surface area contributed by atoms with E-state index in [2.05, 4.69) is 30.6 Å². The van der Waals surface area contributed by atoms with E-state index in [-0.39, 0.29) is 11.5 Å². The molecule has 1 atom stereocenters. The van der Waals surface area contributed by atoms with Crippen molar-refractivity contribution in [2.24, 2.45) is 5.92 Å². The summed E-state index contributed by atoms with van der Waals surface area (Å²) in [5.41, 5.74) is 2.32. The maximum absolute atomic E-state index is 12.1. The Hall–Kier alpha value is -1.76. The summed E-state index contributed by atoms with van der Waals surface area (Å²) in [7, 11) is 0. The second kappa shape index (κ2) is 11.7. The number of nitrogens with zero attached hydrogens (tertiary/aromatic N) is 1. The molecule has 24 heavy (non-hydrogen) atoms. The molecule has 1 rings (SSSR count). The summed E-state index contributed by atoms with van der Waals surface area (Å²) < 4.78 is 0. The predicted octanol–water partition coefficient (Wildman–Crippen LogP) is 4.21. The molecule has 4 nitrogen and oxygen atoms in total. The highest BCUT2D eigenvalue weighted by molar-refractivity contribution is 5.98. The number of hydrogen-bond donors (Lipinski definition) is 2. The first kappa shape index (κ1) is 20.3. The van der Waals surface area contributed by atoms with Crippen LogP contribution in [0.5, 0.6) is 0 Å². The highest BCUT2D eigenvalue weighted by atomic mass is 16.1. The van der Waals surface area contributed by atoms with Crippen molar-refractivity contribution in [3.05, 3.63) is 22.9 Å².